The van der Waals surface area contributed by atoms with Gasteiger partial charge in [0.15, 0.2) is 0 Å². The number of aryl methyl sites for hydroxylation is 4. The molecule has 0 aromatic heterocycles. The van der Waals surface area contributed by atoms with Gasteiger partial charge in [-0.3, -0.25) is 0 Å². The molecule has 0 saturated carbocycles. The molecule has 0 aliphatic carbocycles. The highest BCUT2D eigenvalue weighted by Crippen LogP contribution is 2.35. The van der Waals surface area contributed by atoms with Gasteiger partial charge in [0.05, 0.1) is 0 Å². The van der Waals surface area contributed by atoms with Crippen LogP contribution in [0.2, 0.25) is 0 Å². The van der Waals surface area contributed by atoms with Gasteiger partial charge in [0.1, 0.15) is 23.0 Å². The van der Waals surface area contributed by atoms with Gasteiger partial charge in [-0.15, -0.1) is 52.7 Å². The summed E-state index contributed by atoms with van der Waals surface area (Å²) >= 11 is 0. The van der Waals surface area contributed by atoms with Crippen molar-refractivity contribution in [3.05, 3.63) is 265 Å². The van der Waals surface area contributed by atoms with Crippen LogP contribution in [0, 0.1) is 0 Å². The lowest BCUT2D eigenvalue weighted by atomic mass is 9.98. The number of rotatable bonds is 18. The highest BCUT2D eigenvalue weighted by atomic mass is 19.4. The summed E-state index contributed by atoms with van der Waals surface area (Å²) in [4.78, 5) is 0. The van der Waals surface area contributed by atoms with E-state index in [4.69, 9.17) is 0 Å². The van der Waals surface area contributed by atoms with Gasteiger partial charge in [0, 0.05) is 0 Å². The fraction of sp³-hybridized carbons (Fsp3) is 0.220. The molecule has 4 nitrogen and oxygen atoms in total. The second-order valence-corrected chi connectivity index (χ2v) is 23.5. The molecule has 0 spiro atoms. The Hall–Kier alpha value is -9.96. The molecule has 0 heterocycles. The minimum atomic E-state index is -4.67. The number of hydrogen-bond donors (Lipinski definition) is 0. The maximum atomic E-state index is 12.2. The van der Waals surface area contributed by atoms with E-state index in [0.29, 0.717) is 0 Å². The molecule has 98 heavy (non-hydrogen) atoms. The maximum absolute atomic E-state index is 12.2. The summed E-state index contributed by atoms with van der Waals surface area (Å²) in [7, 11) is 0. The second kappa shape index (κ2) is 32.9. The topological polar surface area (TPSA) is 36.9 Å². The van der Waals surface area contributed by atoms with Crippen LogP contribution in [0.5, 0.6) is 23.0 Å². The van der Waals surface area contributed by atoms with Gasteiger partial charge in [-0.2, -0.15) is 0 Å². The Labute approximate surface area is 562 Å². The molecular weight excluding hydrogens is 1280 g/mol. The molecular formula is C82H72F12O4. The number of unbranched alkanes of at least 4 members (excludes halogenated alkanes) is 3. The van der Waals surface area contributed by atoms with E-state index in [2.05, 4.69) is 144 Å². The van der Waals surface area contributed by atoms with Crippen LogP contribution in [0.4, 0.5) is 52.7 Å². The molecule has 0 bridgehead atoms. The summed E-state index contributed by atoms with van der Waals surface area (Å²) in [5.74, 6) is -0.845. The second-order valence-electron chi connectivity index (χ2n) is 23.5. The van der Waals surface area contributed by atoms with E-state index < -0.39 is 25.4 Å². The van der Waals surface area contributed by atoms with E-state index in [0.717, 1.165) is 104 Å². The van der Waals surface area contributed by atoms with Gasteiger partial charge in [-0.1, -0.05) is 223 Å². The van der Waals surface area contributed by atoms with Gasteiger partial charge in [-0.25, -0.2) is 0 Å². The zero-order valence-electron chi connectivity index (χ0n) is 54.3. The van der Waals surface area contributed by atoms with Crippen molar-refractivity contribution >= 4 is 43.1 Å². The van der Waals surface area contributed by atoms with E-state index >= 15 is 0 Å². The molecule has 0 N–H and O–H groups in total. The lowest BCUT2D eigenvalue weighted by Crippen LogP contribution is -2.16. The molecule has 508 valence electrons. The third-order valence-corrected chi connectivity index (χ3v) is 16.1. The molecule has 0 unspecified atom stereocenters. The lowest BCUT2D eigenvalue weighted by Gasteiger charge is -2.10. The predicted molar refractivity (Wildman–Crippen MR) is 369 cm³/mol. The van der Waals surface area contributed by atoms with Gasteiger partial charge < -0.3 is 18.9 Å². The van der Waals surface area contributed by atoms with E-state index in [9.17, 15) is 52.7 Å². The number of ether oxygens (including phenoxy) is 4. The van der Waals surface area contributed by atoms with Crippen molar-refractivity contribution in [1.82, 2.24) is 0 Å². The molecule has 16 heteroatoms. The van der Waals surface area contributed by atoms with Crippen molar-refractivity contribution in [3.8, 4) is 67.5 Å². The molecule has 12 aromatic carbocycles. The fourth-order valence-electron chi connectivity index (χ4n) is 11.2. The average molecular weight is 1350 g/mol. The van der Waals surface area contributed by atoms with Crippen LogP contribution in [0.3, 0.4) is 0 Å². The number of alkyl halides is 12. The van der Waals surface area contributed by atoms with E-state index in [1.807, 2.05) is 48.5 Å². The zero-order chi connectivity index (χ0) is 70.0. The highest BCUT2D eigenvalue weighted by molar-refractivity contribution is 5.91. The normalized spacial score (nSPS) is 11.7. The Morgan fingerprint density at radius 3 is 0.694 bits per heavy atom. The van der Waals surface area contributed by atoms with Gasteiger partial charge >= 0.3 is 25.4 Å². The minimum absolute atomic E-state index is 0.209. The molecule has 12 rings (SSSR count). The molecule has 0 aliphatic rings. The van der Waals surface area contributed by atoms with E-state index in [-0.39, 0.29) is 23.0 Å². The summed E-state index contributed by atoms with van der Waals surface area (Å²) < 4.78 is 162. The smallest absolute Gasteiger partial charge is 0.406 e. The van der Waals surface area contributed by atoms with Crippen LogP contribution in [0.1, 0.15) is 88.5 Å². The lowest BCUT2D eigenvalue weighted by molar-refractivity contribution is -0.275. The molecule has 12 aromatic rings. The molecule has 0 saturated heterocycles. The number of benzene rings is 12. The number of fused-ring (bicyclic) bond motifs is 4. The summed E-state index contributed by atoms with van der Waals surface area (Å²) in [5.41, 5.74) is 12.5. The Morgan fingerprint density at radius 1 is 0.214 bits per heavy atom. The molecule has 0 radical (unpaired) electrons. The standard InChI is InChI=1S/C22H21F3O.C21H19F3O.C20H17F3O.C19H15F3O/c1-2-3-4-5-16-6-7-20-15-19(9-8-18(20)14-16)17-10-12-21(13-11-17)26-22(23,24)25;1-2-3-4-15-5-6-19-14-18(8-7-17(19)13-15)16-9-11-20(12-10-16)25-21(22,23)24;1-2-3-14-4-5-18-13-17(7-6-16(18)12-14)15-8-10-19(11-9-15)24-20(21,22)23;1-2-13-3-4-17-12-16(6-5-15(17)11-13)14-7-9-18(10-8-14)23-19(20,21)22/h6-15H,2-5H2,1H3;5-14H,2-4H2,1H3;4-13H,2-3H2,1H3;3-12H,2H2,1H3. The Kier molecular flexibility index (Phi) is 24.2. The van der Waals surface area contributed by atoms with Gasteiger partial charge in [0.25, 0.3) is 0 Å². The first-order valence-corrected chi connectivity index (χ1v) is 32.3. The van der Waals surface area contributed by atoms with Crippen molar-refractivity contribution in [2.45, 2.75) is 117 Å². The third kappa shape index (κ3) is 22.0. The Morgan fingerprint density at radius 2 is 0.439 bits per heavy atom. The molecule has 0 aliphatic heterocycles. The van der Waals surface area contributed by atoms with Crippen LogP contribution < -0.4 is 18.9 Å². The molecule has 0 amide bonds. The Balaban J connectivity index is 0.000000153. The summed E-state index contributed by atoms with van der Waals surface area (Å²) in [6.07, 6.45) is -7.35. The first-order valence-electron chi connectivity index (χ1n) is 32.3. The first-order chi connectivity index (χ1) is 46.8. The monoisotopic (exact) mass is 1350 g/mol. The van der Waals surface area contributed by atoms with Crippen molar-refractivity contribution in [2.24, 2.45) is 0 Å². The zero-order valence-corrected chi connectivity index (χ0v) is 54.3. The molecule has 0 fully saturated rings. The first kappa shape index (κ1) is 72.3. The van der Waals surface area contributed by atoms with E-state index in [1.54, 1.807) is 48.5 Å². The highest BCUT2D eigenvalue weighted by Gasteiger charge is 2.33. The average Bonchev–Trinajstić information content (AvgIpc) is 0.832. The maximum Gasteiger partial charge on any atom is 0.573 e. The van der Waals surface area contributed by atoms with Crippen molar-refractivity contribution in [2.75, 3.05) is 0 Å². The summed E-state index contributed by atoms with van der Waals surface area (Å²) in [6.45, 7) is 8.64. The van der Waals surface area contributed by atoms with Gasteiger partial charge in [-0.05, 0) is 221 Å². The SMILES string of the molecule is CCCCCc1ccc2cc(-c3ccc(OC(F)(F)F)cc3)ccc2c1.CCCCc1ccc2cc(-c3ccc(OC(F)(F)F)cc3)ccc2c1.CCCc1ccc2cc(-c3ccc(OC(F)(F)F)cc3)ccc2c1.CCc1ccc2cc(-c3ccc(OC(F)(F)F)cc3)ccc2c1. The third-order valence-electron chi connectivity index (χ3n) is 16.1. The minimum Gasteiger partial charge on any atom is -0.406 e. The van der Waals surface area contributed by atoms with Gasteiger partial charge in [0.2, 0.25) is 0 Å². The number of halogens is 12. The molecule has 0 atom stereocenters. The fourth-order valence-corrected chi connectivity index (χ4v) is 11.2. The van der Waals surface area contributed by atoms with Crippen molar-refractivity contribution in [1.29, 1.82) is 0 Å². The summed E-state index contributed by atoms with van der Waals surface area (Å²) in [6, 6.07) is 73.7. The Bertz CT molecular complexity index is 4540. The largest absolute Gasteiger partial charge is 0.573 e. The van der Waals surface area contributed by atoms with Crippen molar-refractivity contribution < 1.29 is 71.6 Å². The van der Waals surface area contributed by atoms with Crippen LogP contribution >= 0.6 is 0 Å². The van der Waals surface area contributed by atoms with Crippen LogP contribution in [0.15, 0.2) is 243 Å². The summed E-state index contributed by atoms with van der Waals surface area (Å²) in [5, 5.41) is 9.14. The van der Waals surface area contributed by atoms with Crippen LogP contribution in [0.25, 0.3) is 87.6 Å². The quantitative estimate of drug-likeness (QED) is 0.0634. The number of hydrogen-bond acceptors (Lipinski definition) is 4. The van der Waals surface area contributed by atoms with Crippen LogP contribution in [-0.4, -0.2) is 25.4 Å². The van der Waals surface area contributed by atoms with Crippen LogP contribution in [-0.2, 0) is 25.7 Å². The predicted octanol–water partition coefficient (Wildman–Crippen LogP) is 26.2. The van der Waals surface area contributed by atoms with Crippen molar-refractivity contribution in [3.63, 3.8) is 0 Å². The van der Waals surface area contributed by atoms with E-state index in [1.165, 1.54) is 119 Å².